The van der Waals surface area contributed by atoms with Crippen LogP contribution >= 0.6 is 0 Å². The molecule has 88 valence electrons. The number of hydrogen-bond donors (Lipinski definition) is 1. The summed E-state index contributed by atoms with van der Waals surface area (Å²) in [4.78, 5) is 0. The Labute approximate surface area is 92.3 Å². The molecular weight excluding hydrogens is 190 g/mol. The summed E-state index contributed by atoms with van der Waals surface area (Å²) in [5, 5.41) is 0. The first-order valence-electron chi connectivity index (χ1n) is 6.26. The van der Waals surface area contributed by atoms with E-state index in [9.17, 15) is 0 Å². The summed E-state index contributed by atoms with van der Waals surface area (Å²) < 4.78 is 11.9. The standard InChI is InChI=1S/C12H23NO2/c1-12(10-5-3-2-4-6-10)14-9-11(15-12)7-8-13/h10-11H,2-9,13H2,1H3. The number of nitrogens with two attached hydrogens (primary N) is 1. The maximum atomic E-state index is 6.03. The van der Waals surface area contributed by atoms with Gasteiger partial charge in [-0.15, -0.1) is 0 Å². The highest BCUT2D eigenvalue weighted by molar-refractivity contribution is 4.84. The molecule has 1 heterocycles. The van der Waals surface area contributed by atoms with Gasteiger partial charge in [0.2, 0.25) is 0 Å². The van der Waals surface area contributed by atoms with E-state index < -0.39 is 0 Å². The van der Waals surface area contributed by atoms with E-state index in [0.717, 1.165) is 13.0 Å². The fourth-order valence-corrected chi connectivity index (χ4v) is 2.83. The van der Waals surface area contributed by atoms with E-state index in [0.29, 0.717) is 12.5 Å². The molecule has 0 spiro atoms. The molecule has 2 N–H and O–H groups in total. The Balaban J connectivity index is 1.89. The molecule has 3 nitrogen and oxygen atoms in total. The van der Waals surface area contributed by atoms with Crippen LogP contribution in [-0.2, 0) is 9.47 Å². The summed E-state index contributed by atoms with van der Waals surface area (Å²) in [6.07, 6.45) is 7.68. The Morgan fingerprint density at radius 1 is 1.27 bits per heavy atom. The Kier molecular flexibility index (Phi) is 3.65. The van der Waals surface area contributed by atoms with Crippen molar-refractivity contribution >= 4 is 0 Å². The zero-order valence-corrected chi connectivity index (χ0v) is 9.71. The van der Waals surface area contributed by atoms with Crippen LogP contribution < -0.4 is 5.73 Å². The predicted octanol–water partition coefficient (Wildman–Crippen LogP) is 2.05. The minimum absolute atomic E-state index is 0.224. The van der Waals surface area contributed by atoms with Crippen molar-refractivity contribution in [3.8, 4) is 0 Å². The van der Waals surface area contributed by atoms with Crippen molar-refractivity contribution in [3.05, 3.63) is 0 Å². The van der Waals surface area contributed by atoms with Gasteiger partial charge in [-0.1, -0.05) is 19.3 Å². The number of ether oxygens (including phenoxy) is 2. The normalized spacial score (nSPS) is 38.4. The summed E-state index contributed by atoms with van der Waals surface area (Å²) >= 11 is 0. The molecule has 0 aromatic carbocycles. The van der Waals surface area contributed by atoms with Gasteiger partial charge in [-0.05, 0) is 32.7 Å². The summed E-state index contributed by atoms with van der Waals surface area (Å²) in [6.45, 7) is 3.53. The lowest BCUT2D eigenvalue weighted by molar-refractivity contribution is -0.197. The van der Waals surface area contributed by atoms with Crippen molar-refractivity contribution in [1.82, 2.24) is 0 Å². The molecule has 2 fully saturated rings. The first-order valence-corrected chi connectivity index (χ1v) is 6.26. The molecule has 2 unspecified atom stereocenters. The van der Waals surface area contributed by atoms with Gasteiger partial charge in [0, 0.05) is 5.92 Å². The Morgan fingerprint density at radius 3 is 2.67 bits per heavy atom. The second-order valence-corrected chi connectivity index (χ2v) is 4.98. The van der Waals surface area contributed by atoms with E-state index in [-0.39, 0.29) is 11.9 Å². The molecule has 0 amide bonds. The largest absolute Gasteiger partial charge is 0.347 e. The maximum absolute atomic E-state index is 6.03. The average molecular weight is 213 g/mol. The zero-order chi connectivity index (χ0) is 10.7. The van der Waals surface area contributed by atoms with Gasteiger partial charge < -0.3 is 15.2 Å². The van der Waals surface area contributed by atoms with Crippen molar-refractivity contribution in [3.63, 3.8) is 0 Å². The van der Waals surface area contributed by atoms with Crippen LogP contribution in [0.5, 0.6) is 0 Å². The third-order valence-electron chi connectivity index (χ3n) is 3.79. The van der Waals surface area contributed by atoms with Crippen molar-refractivity contribution in [2.24, 2.45) is 11.7 Å². The Bertz CT molecular complexity index is 204. The molecule has 1 saturated heterocycles. The second kappa shape index (κ2) is 4.81. The van der Waals surface area contributed by atoms with Crippen LogP contribution in [0.25, 0.3) is 0 Å². The van der Waals surface area contributed by atoms with E-state index in [4.69, 9.17) is 15.2 Å². The van der Waals surface area contributed by atoms with Gasteiger partial charge in [0.25, 0.3) is 0 Å². The quantitative estimate of drug-likeness (QED) is 0.780. The van der Waals surface area contributed by atoms with E-state index in [1.165, 1.54) is 32.1 Å². The van der Waals surface area contributed by atoms with Crippen LogP contribution in [0.3, 0.4) is 0 Å². The zero-order valence-electron chi connectivity index (χ0n) is 9.71. The van der Waals surface area contributed by atoms with E-state index in [1.807, 2.05) is 0 Å². The molecule has 15 heavy (non-hydrogen) atoms. The van der Waals surface area contributed by atoms with Gasteiger partial charge in [-0.25, -0.2) is 0 Å². The number of hydrogen-bond acceptors (Lipinski definition) is 3. The molecular formula is C12H23NO2. The van der Waals surface area contributed by atoms with Gasteiger partial charge in [0.1, 0.15) is 0 Å². The van der Waals surface area contributed by atoms with Crippen LogP contribution in [0.15, 0.2) is 0 Å². The summed E-state index contributed by atoms with van der Waals surface area (Å²) in [5.41, 5.74) is 5.54. The fourth-order valence-electron chi connectivity index (χ4n) is 2.83. The molecule has 0 aromatic heterocycles. The lowest BCUT2D eigenvalue weighted by atomic mass is 9.84. The highest BCUT2D eigenvalue weighted by Gasteiger charge is 2.43. The number of rotatable bonds is 3. The molecule has 1 aliphatic carbocycles. The van der Waals surface area contributed by atoms with Crippen LogP contribution in [-0.4, -0.2) is 25.0 Å². The maximum Gasteiger partial charge on any atom is 0.168 e. The molecule has 3 heteroatoms. The van der Waals surface area contributed by atoms with E-state index >= 15 is 0 Å². The summed E-state index contributed by atoms with van der Waals surface area (Å²) in [7, 11) is 0. The molecule has 2 rings (SSSR count). The smallest absolute Gasteiger partial charge is 0.168 e. The Hall–Kier alpha value is -0.120. The van der Waals surface area contributed by atoms with Gasteiger partial charge in [-0.2, -0.15) is 0 Å². The van der Waals surface area contributed by atoms with Crippen LogP contribution in [0.2, 0.25) is 0 Å². The highest BCUT2D eigenvalue weighted by atomic mass is 16.7. The van der Waals surface area contributed by atoms with Crippen molar-refractivity contribution in [2.75, 3.05) is 13.2 Å². The summed E-state index contributed by atoms with van der Waals surface area (Å²) in [5.74, 6) is 0.272. The third-order valence-corrected chi connectivity index (χ3v) is 3.79. The molecule has 1 aliphatic heterocycles. The predicted molar refractivity (Wildman–Crippen MR) is 59.5 cm³/mol. The summed E-state index contributed by atoms with van der Waals surface area (Å²) in [6, 6.07) is 0. The topological polar surface area (TPSA) is 44.5 Å². The van der Waals surface area contributed by atoms with Gasteiger partial charge in [0.05, 0.1) is 12.7 Å². The Morgan fingerprint density at radius 2 is 2.00 bits per heavy atom. The minimum Gasteiger partial charge on any atom is -0.347 e. The molecule has 2 atom stereocenters. The minimum atomic E-state index is -0.319. The fraction of sp³-hybridized carbons (Fsp3) is 1.00. The second-order valence-electron chi connectivity index (χ2n) is 4.98. The lowest BCUT2D eigenvalue weighted by Gasteiger charge is -2.35. The van der Waals surface area contributed by atoms with E-state index in [2.05, 4.69) is 6.92 Å². The molecule has 1 saturated carbocycles. The van der Waals surface area contributed by atoms with Crippen LogP contribution in [0.4, 0.5) is 0 Å². The van der Waals surface area contributed by atoms with Crippen molar-refractivity contribution in [1.29, 1.82) is 0 Å². The molecule has 0 aromatic rings. The van der Waals surface area contributed by atoms with E-state index in [1.54, 1.807) is 0 Å². The molecule has 0 radical (unpaired) electrons. The van der Waals surface area contributed by atoms with Gasteiger partial charge in [0.15, 0.2) is 5.79 Å². The van der Waals surface area contributed by atoms with Gasteiger partial charge >= 0.3 is 0 Å². The first kappa shape index (κ1) is 11.4. The lowest BCUT2D eigenvalue weighted by Crippen LogP contribution is -2.37. The first-order chi connectivity index (χ1) is 7.24. The molecule has 2 aliphatic rings. The molecule has 0 bridgehead atoms. The van der Waals surface area contributed by atoms with Gasteiger partial charge in [-0.3, -0.25) is 0 Å². The van der Waals surface area contributed by atoms with Crippen LogP contribution in [0, 0.1) is 5.92 Å². The van der Waals surface area contributed by atoms with Crippen LogP contribution in [0.1, 0.15) is 45.4 Å². The highest BCUT2D eigenvalue weighted by Crippen LogP contribution is 2.39. The van der Waals surface area contributed by atoms with Crippen molar-refractivity contribution < 1.29 is 9.47 Å². The monoisotopic (exact) mass is 213 g/mol. The average Bonchev–Trinajstić information content (AvgIpc) is 2.64. The SMILES string of the molecule is CC1(C2CCCCC2)OCC(CCN)O1. The third kappa shape index (κ3) is 2.52. The van der Waals surface area contributed by atoms with Crippen molar-refractivity contribution in [2.45, 2.75) is 57.3 Å².